The highest BCUT2D eigenvalue weighted by Crippen LogP contribution is 2.34. The smallest absolute Gasteiger partial charge is 0.205 e. The van der Waals surface area contributed by atoms with Crippen LogP contribution in [0.15, 0.2) is 6.33 Å². The second-order valence-corrected chi connectivity index (χ2v) is 4.55. The summed E-state index contributed by atoms with van der Waals surface area (Å²) in [6.07, 6.45) is 2.45. The van der Waals surface area contributed by atoms with Crippen molar-refractivity contribution < 1.29 is 9.47 Å². The van der Waals surface area contributed by atoms with Gasteiger partial charge in [-0.1, -0.05) is 0 Å². The van der Waals surface area contributed by atoms with Gasteiger partial charge in [-0.2, -0.15) is 0 Å². The molecule has 0 spiro atoms. The second-order valence-electron chi connectivity index (χ2n) is 4.55. The molecular weight excluding hydrogens is 234 g/mol. The molecule has 0 saturated carbocycles. The number of nitrogens with two attached hydrogens (primary N) is 1. The molecule has 0 radical (unpaired) electrons. The van der Waals surface area contributed by atoms with Crippen molar-refractivity contribution in [3.05, 3.63) is 6.33 Å². The molecule has 2 heterocycles. The Labute approximate surface area is 106 Å². The Hall–Kier alpha value is -1.60. The Kier molecular flexibility index (Phi) is 3.53. The van der Waals surface area contributed by atoms with Gasteiger partial charge in [-0.15, -0.1) is 0 Å². The third-order valence-corrected chi connectivity index (χ3v) is 3.44. The predicted octanol–water partition coefficient (Wildman–Crippen LogP) is 0.750. The third-order valence-electron chi connectivity index (χ3n) is 3.44. The van der Waals surface area contributed by atoms with Crippen LogP contribution in [-0.2, 0) is 4.74 Å². The molecule has 2 rings (SSSR count). The molecule has 1 aliphatic rings. The van der Waals surface area contributed by atoms with Gasteiger partial charge < -0.3 is 20.2 Å². The number of nitrogens with one attached hydrogen (secondary N) is 2. The SMILES string of the molecule is COc1c(NN)ncnc1NC1(C)CCOC1C. The van der Waals surface area contributed by atoms with E-state index in [2.05, 4.69) is 27.6 Å². The largest absolute Gasteiger partial charge is 0.490 e. The van der Waals surface area contributed by atoms with E-state index in [1.165, 1.54) is 6.33 Å². The highest BCUT2D eigenvalue weighted by atomic mass is 16.5. The molecule has 1 aliphatic heterocycles. The standard InChI is InChI=1S/C11H19N5O2/c1-7-11(2,4-5-18-7)15-9-8(17-3)10(16-12)14-6-13-9/h6-7H,4-5,12H2,1-3H3,(H2,13,14,15,16). The Balaban J connectivity index is 2.28. The first-order valence-corrected chi connectivity index (χ1v) is 5.86. The molecule has 1 aromatic rings. The van der Waals surface area contributed by atoms with Crippen molar-refractivity contribution >= 4 is 11.6 Å². The Bertz CT molecular complexity index is 428. The van der Waals surface area contributed by atoms with E-state index in [9.17, 15) is 0 Å². The average Bonchev–Trinajstić information content (AvgIpc) is 2.69. The molecule has 0 aliphatic carbocycles. The Morgan fingerprint density at radius 1 is 1.50 bits per heavy atom. The number of hydrazine groups is 1. The van der Waals surface area contributed by atoms with Crippen molar-refractivity contribution in [2.45, 2.75) is 31.9 Å². The summed E-state index contributed by atoms with van der Waals surface area (Å²) in [6, 6.07) is 0. The summed E-state index contributed by atoms with van der Waals surface area (Å²) in [4.78, 5) is 8.20. The first-order chi connectivity index (χ1) is 8.60. The fourth-order valence-corrected chi connectivity index (χ4v) is 2.03. The summed E-state index contributed by atoms with van der Waals surface area (Å²) in [7, 11) is 1.56. The molecule has 0 bridgehead atoms. The van der Waals surface area contributed by atoms with Crippen LogP contribution in [0, 0.1) is 0 Å². The minimum absolute atomic E-state index is 0.103. The molecular formula is C11H19N5O2. The van der Waals surface area contributed by atoms with Crippen molar-refractivity contribution in [1.29, 1.82) is 0 Å². The summed E-state index contributed by atoms with van der Waals surface area (Å²) in [5, 5.41) is 3.36. The molecule has 0 aromatic carbocycles. The number of rotatable bonds is 4. The van der Waals surface area contributed by atoms with Gasteiger partial charge in [-0.25, -0.2) is 15.8 Å². The number of aromatic nitrogens is 2. The predicted molar refractivity (Wildman–Crippen MR) is 68.5 cm³/mol. The maximum absolute atomic E-state index is 5.58. The lowest BCUT2D eigenvalue weighted by atomic mass is 9.95. The zero-order valence-electron chi connectivity index (χ0n) is 10.9. The minimum atomic E-state index is -0.173. The van der Waals surface area contributed by atoms with Crippen molar-refractivity contribution in [2.24, 2.45) is 5.84 Å². The van der Waals surface area contributed by atoms with E-state index in [0.29, 0.717) is 17.4 Å². The van der Waals surface area contributed by atoms with Gasteiger partial charge in [0.2, 0.25) is 5.75 Å². The first kappa shape index (κ1) is 12.8. The van der Waals surface area contributed by atoms with E-state index in [-0.39, 0.29) is 11.6 Å². The highest BCUT2D eigenvalue weighted by Gasteiger charge is 2.38. The van der Waals surface area contributed by atoms with Gasteiger partial charge in [0.1, 0.15) is 6.33 Å². The zero-order chi connectivity index (χ0) is 13.2. The van der Waals surface area contributed by atoms with Crippen LogP contribution in [0.4, 0.5) is 11.6 Å². The van der Waals surface area contributed by atoms with Crippen LogP contribution in [0.2, 0.25) is 0 Å². The lowest BCUT2D eigenvalue weighted by molar-refractivity contribution is 0.105. The highest BCUT2D eigenvalue weighted by molar-refractivity contribution is 5.64. The summed E-state index contributed by atoms with van der Waals surface area (Å²) >= 11 is 0. The summed E-state index contributed by atoms with van der Waals surface area (Å²) in [5.74, 6) is 6.95. The normalized spacial score (nSPS) is 27.0. The van der Waals surface area contributed by atoms with E-state index >= 15 is 0 Å². The van der Waals surface area contributed by atoms with Gasteiger partial charge in [-0.3, -0.25) is 0 Å². The average molecular weight is 253 g/mol. The summed E-state index contributed by atoms with van der Waals surface area (Å²) in [5.41, 5.74) is 2.32. The van der Waals surface area contributed by atoms with Crippen LogP contribution in [0.1, 0.15) is 20.3 Å². The van der Waals surface area contributed by atoms with Crippen LogP contribution >= 0.6 is 0 Å². The molecule has 18 heavy (non-hydrogen) atoms. The second kappa shape index (κ2) is 4.95. The number of methoxy groups -OCH3 is 1. The van der Waals surface area contributed by atoms with Crippen molar-refractivity contribution in [3.63, 3.8) is 0 Å². The molecule has 1 aromatic heterocycles. The molecule has 0 amide bonds. The lowest BCUT2D eigenvalue weighted by Crippen LogP contribution is -2.41. The Morgan fingerprint density at radius 3 is 2.78 bits per heavy atom. The van der Waals surface area contributed by atoms with Crippen LogP contribution in [0.25, 0.3) is 0 Å². The lowest BCUT2D eigenvalue weighted by Gasteiger charge is -2.30. The molecule has 7 nitrogen and oxygen atoms in total. The van der Waals surface area contributed by atoms with E-state index < -0.39 is 0 Å². The van der Waals surface area contributed by atoms with E-state index in [4.69, 9.17) is 15.3 Å². The monoisotopic (exact) mass is 253 g/mol. The van der Waals surface area contributed by atoms with Crippen molar-refractivity contribution in [2.75, 3.05) is 24.5 Å². The summed E-state index contributed by atoms with van der Waals surface area (Å²) < 4.78 is 10.9. The fourth-order valence-electron chi connectivity index (χ4n) is 2.03. The van der Waals surface area contributed by atoms with Gasteiger partial charge >= 0.3 is 0 Å². The van der Waals surface area contributed by atoms with Crippen molar-refractivity contribution in [3.8, 4) is 5.75 Å². The van der Waals surface area contributed by atoms with E-state index in [0.717, 1.165) is 13.0 Å². The number of nitrogen functional groups attached to an aromatic ring is 1. The maximum Gasteiger partial charge on any atom is 0.205 e. The molecule has 1 saturated heterocycles. The van der Waals surface area contributed by atoms with Gasteiger partial charge in [0.05, 0.1) is 18.8 Å². The van der Waals surface area contributed by atoms with E-state index in [1.54, 1.807) is 7.11 Å². The number of hydrogen-bond donors (Lipinski definition) is 3. The van der Waals surface area contributed by atoms with Crippen LogP contribution in [0.5, 0.6) is 5.75 Å². The van der Waals surface area contributed by atoms with Crippen LogP contribution in [-0.4, -0.2) is 35.3 Å². The summed E-state index contributed by atoms with van der Waals surface area (Å²) in [6.45, 7) is 4.87. The molecule has 2 unspecified atom stereocenters. The fraction of sp³-hybridized carbons (Fsp3) is 0.636. The number of nitrogens with zero attached hydrogens (tertiary/aromatic N) is 2. The van der Waals surface area contributed by atoms with Gasteiger partial charge in [-0.05, 0) is 20.3 Å². The van der Waals surface area contributed by atoms with Gasteiger partial charge in [0.15, 0.2) is 11.6 Å². The number of anilines is 2. The quantitative estimate of drug-likeness (QED) is 0.538. The molecule has 1 fully saturated rings. The topological polar surface area (TPSA) is 94.3 Å². The number of hydrogen-bond acceptors (Lipinski definition) is 7. The minimum Gasteiger partial charge on any atom is -0.490 e. The van der Waals surface area contributed by atoms with E-state index in [1.807, 2.05) is 6.92 Å². The maximum atomic E-state index is 5.58. The van der Waals surface area contributed by atoms with Crippen molar-refractivity contribution in [1.82, 2.24) is 9.97 Å². The third kappa shape index (κ3) is 2.19. The molecule has 100 valence electrons. The van der Waals surface area contributed by atoms with Crippen LogP contribution in [0.3, 0.4) is 0 Å². The van der Waals surface area contributed by atoms with Gasteiger partial charge in [0.25, 0.3) is 0 Å². The first-order valence-electron chi connectivity index (χ1n) is 5.86. The number of ether oxygens (including phenoxy) is 2. The molecule has 2 atom stereocenters. The van der Waals surface area contributed by atoms with Gasteiger partial charge in [0, 0.05) is 6.61 Å². The van der Waals surface area contributed by atoms with Crippen LogP contribution < -0.4 is 21.3 Å². The molecule has 7 heteroatoms. The molecule has 4 N–H and O–H groups in total. The Morgan fingerprint density at radius 2 is 2.22 bits per heavy atom. The zero-order valence-corrected chi connectivity index (χ0v) is 10.9.